The highest BCUT2D eigenvalue weighted by atomic mass is 16.7. The van der Waals surface area contributed by atoms with Crippen LogP contribution in [0.15, 0.2) is 78.9 Å². The number of ether oxygens (including phenoxy) is 2. The van der Waals surface area contributed by atoms with Gasteiger partial charge in [0.15, 0.2) is 6.10 Å². The first-order valence-electron chi connectivity index (χ1n) is 11.8. The zero-order valence-corrected chi connectivity index (χ0v) is 20.9. The molecule has 1 unspecified atom stereocenters. The second-order valence-corrected chi connectivity index (χ2v) is 9.39. The third-order valence-electron chi connectivity index (χ3n) is 5.35. The topological polar surface area (TPSA) is 97.4 Å². The van der Waals surface area contributed by atoms with Gasteiger partial charge in [0.05, 0.1) is 23.5 Å². The molecular weight excluding hydrogens is 474 g/mol. The predicted octanol–water partition coefficient (Wildman–Crippen LogP) is 5.04. The van der Waals surface area contributed by atoms with E-state index in [1.54, 1.807) is 48.5 Å². The molecule has 1 heterocycles. The van der Waals surface area contributed by atoms with Crippen LogP contribution in [0.5, 0.6) is 5.75 Å². The number of nitrogens with one attached hydrogen (secondary N) is 1. The first-order valence-corrected chi connectivity index (χ1v) is 11.8. The molecule has 1 N–H and O–H groups in total. The molecule has 0 radical (unpaired) electrons. The number of hydrogen-bond acceptors (Lipinski definition) is 6. The lowest BCUT2D eigenvalue weighted by Gasteiger charge is -2.28. The summed E-state index contributed by atoms with van der Waals surface area (Å²) >= 11 is 0. The number of nitrogens with zero attached hydrogens (tertiary/aromatic N) is 2. The molecule has 0 aromatic heterocycles. The van der Waals surface area contributed by atoms with Gasteiger partial charge >= 0.3 is 6.09 Å². The highest BCUT2D eigenvalue weighted by molar-refractivity contribution is 6.06. The van der Waals surface area contributed by atoms with Crippen LogP contribution in [0.25, 0.3) is 0 Å². The number of hydrogen-bond donors (Lipinski definition) is 1. The Balaban J connectivity index is 1.40. The van der Waals surface area contributed by atoms with Crippen molar-refractivity contribution in [1.29, 1.82) is 0 Å². The molecule has 0 aliphatic carbocycles. The van der Waals surface area contributed by atoms with Crippen molar-refractivity contribution in [2.45, 2.75) is 32.5 Å². The monoisotopic (exact) mass is 503 g/mol. The SMILES string of the molecule is CC(C)(C)ON(C=O)c1ccccc1NC(=O)c1ccc(N2CC(COc3ccccc3)OC2=O)cc1. The van der Waals surface area contributed by atoms with Gasteiger partial charge in [-0.3, -0.25) is 19.3 Å². The maximum absolute atomic E-state index is 13.0. The summed E-state index contributed by atoms with van der Waals surface area (Å²) in [6.45, 7) is 6.03. The maximum atomic E-state index is 13.0. The van der Waals surface area contributed by atoms with E-state index < -0.39 is 17.8 Å². The Kier molecular flexibility index (Phi) is 7.74. The fraction of sp³-hybridized carbons (Fsp3) is 0.250. The maximum Gasteiger partial charge on any atom is 0.414 e. The number of rotatable bonds is 9. The standard InChI is InChI=1S/C28H29N3O6/c1-28(2,3)37-31(19-32)25-12-8-7-11-24(25)29-26(33)20-13-15-21(16-14-20)30-17-23(36-27(30)34)18-35-22-9-5-4-6-10-22/h4-16,19,23H,17-18H2,1-3H3,(H,29,33). The van der Waals surface area contributed by atoms with Crippen LogP contribution < -0.4 is 20.0 Å². The summed E-state index contributed by atoms with van der Waals surface area (Å²) < 4.78 is 11.1. The molecule has 3 aromatic carbocycles. The summed E-state index contributed by atoms with van der Waals surface area (Å²) in [5.74, 6) is 0.328. The quantitative estimate of drug-likeness (QED) is 0.325. The molecule has 4 rings (SSSR count). The molecule has 0 saturated carbocycles. The molecule has 3 amide bonds. The molecule has 0 spiro atoms. The van der Waals surface area contributed by atoms with Gasteiger partial charge in [-0.1, -0.05) is 30.3 Å². The van der Waals surface area contributed by atoms with Crippen LogP contribution in [0.4, 0.5) is 21.9 Å². The van der Waals surface area contributed by atoms with Gasteiger partial charge in [-0.05, 0) is 69.3 Å². The smallest absolute Gasteiger partial charge is 0.414 e. The lowest BCUT2D eigenvalue weighted by Crippen LogP contribution is -2.33. The lowest BCUT2D eigenvalue weighted by molar-refractivity contribution is -0.120. The number of cyclic esters (lactones) is 1. The summed E-state index contributed by atoms with van der Waals surface area (Å²) in [5.41, 5.74) is 1.19. The molecule has 37 heavy (non-hydrogen) atoms. The molecular formula is C28H29N3O6. The molecule has 0 bridgehead atoms. The number of amides is 3. The van der Waals surface area contributed by atoms with E-state index in [1.165, 1.54) is 4.90 Å². The van der Waals surface area contributed by atoms with E-state index in [4.69, 9.17) is 14.3 Å². The number of anilines is 3. The van der Waals surface area contributed by atoms with Crippen LogP contribution in [0.1, 0.15) is 31.1 Å². The van der Waals surface area contributed by atoms with Crippen LogP contribution in [0.3, 0.4) is 0 Å². The summed E-state index contributed by atoms with van der Waals surface area (Å²) in [5, 5.41) is 3.92. The average molecular weight is 504 g/mol. The molecule has 192 valence electrons. The van der Waals surface area contributed by atoms with E-state index in [-0.39, 0.29) is 12.5 Å². The average Bonchev–Trinajstić information content (AvgIpc) is 3.27. The van der Waals surface area contributed by atoms with Crippen molar-refractivity contribution in [3.05, 3.63) is 84.4 Å². The Morgan fingerprint density at radius 2 is 1.73 bits per heavy atom. The Morgan fingerprint density at radius 1 is 1.05 bits per heavy atom. The van der Waals surface area contributed by atoms with Gasteiger partial charge in [-0.25, -0.2) is 4.79 Å². The third-order valence-corrected chi connectivity index (χ3v) is 5.35. The van der Waals surface area contributed by atoms with Gasteiger partial charge < -0.3 is 14.8 Å². The fourth-order valence-corrected chi connectivity index (χ4v) is 3.71. The summed E-state index contributed by atoms with van der Waals surface area (Å²) in [6.07, 6.45) is -0.331. The molecule has 1 saturated heterocycles. The molecule has 1 aliphatic rings. The molecule has 9 nitrogen and oxygen atoms in total. The lowest BCUT2D eigenvalue weighted by atomic mass is 10.1. The molecule has 1 atom stereocenters. The van der Waals surface area contributed by atoms with Crippen LogP contribution in [0.2, 0.25) is 0 Å². The third kappa shape index (κ3) is 6.65. The van der Waals surface area contributed by atoms with Gasteiger partial charge in [0.2, 0.25) is 6.41 Å². The normalized spacial score (nSPS) is 15.2. The second kappa shape index (κ2) is 11.1. The molecule has 1 aliphatic heterocycles. The predicted molar refractivity (Wildman–Crippen MR) is 140 cm³/mol. The number of carbonyl (C=O) groups excluding carboxylic acids is 3. The minimum absolute atomic E-state index is 0.239. The van der Waals surface area contributed by atoms with E-state index in [0.717, 1.165) is 5.06 Å². The highest BCUT2D eigenvalue weighted by Crippen LogP contribution is 2.28. The minimum Gasteiger partial charge on any atom is -0.490 e. The van der Waals surface area contributed by atoms with Gasteiger partial charge in [0, 0.05) is 11.3 Å². The first-order chi connectivity index (χ1) is 17.7. The number of para-hydroxylation sites is 3. The van der Waals surface area contributed by atoms with E-state index in [2.05, 4.69) is 5.32 Å². The van der Waals surface area contributed by atoms with Crippen molar-refractivity contribution >= 4 is 35.5 Å². The largest absolute Gasteiger partial charge is 0.490 e. The van der Waals surface area contributed by atoms with Crippen LogP contribution in [-0.2, 0) is 14.4 Å². The second-order valence-electron chi connectivity index (χ2n) is 9.39. The van der Waals surface area contributed by atoms with Gasteiger partial charge in [-0.15, -0.1) is 0 Å². The number of carbonyl (C=O) groups is 3. The van der Waals surface area contributed by atoms with Crippen molar-refractivity contribution in [3.8, 4) is 5.75 Å². The zero-order chi connectivity index (χ0) is 26.4. The molecule has 3 aromatic rings. The minimum atomic E-state index is -0.614. The first kappa shape index (κ1) is 25.7. The zero-order valence-electron chi connectivity index (χ0n) is 20.9. The van der Waals surface area contributed by atoms with E-state index in [9.17, 15) is 14.4 Å². The van der Waals surface area contributed by atoms with Crippen molar-refractivity contribution in [2.75, 3.05) is 28.4 Å². The van der Waals surface area contributed by atoms with Crippen molar-refractivity contribution < 1.29 is 28.7 Å². The Morgan fingerprint density at radius 3 is 2.41 bits per heavy atom. The Hall–Kier alpha value is -4.37. The summed E-state index contributed by atoms with van der Waals surface area (Å²) in [6, 6.07) is 22.8. The van der Waals surface area contributed by atoms with Crippen molar-refractivity contribution in [1.82, 2.24) is 0 Å². The van der Waals surface area contributed by atoms with Gasteiger partial charge in [0.25, 0.3) is 5.91 Å². The van der Waals surface area contributed by atoms with Gasteiger partial charge in [-0.2, -0.15) is 5.06 Å². The number of benzene rings is 3. The van der Waals surface area contributed by atoms with Crippen LogP contribution in [0, 0.1) is 0 Å². The van der Waals surface area contributed by atoms with E-state index in [1.807, 2.05) is 51.1 Å². The summed E-state index contributed by atoms with van der Waals surface area (Å²) in [4.78, 5) is 44.2. The molecule has 9 heteroatoms. The van der Waals surface area contributed by atoms with Gasteiger partial charge in [0.1, 0.15) is 12.4 Å². The van der Waals surface area contributed by atoms with Crippen molar-refractivity contribution in [3.63, 3.8) is 0 Å². The Bertz CT molecular complexity index is 1240. The molecule has 1 fully saturated rings. The van der Waals surface area contributed by atoms with E-state index >= 15 is 0 Å². The Labute approximate surface area is 215 Å². The highest BCUT2D eigenvalue weighted by Gasteiger charge is 2.33. The van der Waals surface area contributed by atoms with Crippen molar-refractivity contribution in [2.24, 2.45) is 0 Å². The van der Waals surface area contributed by atoms with Crippen LogP contribution in [-0.4, -0.2) is 43.3 Å². The fourth-order valence-electron chi connectivity index (χ4n) is 3.71. The van der Waals surface area contributed by atoms with Crippen LogP contribution >= 0.6 is 0 Å². The van der Waals surface area contributed by atoms with E-state index in [0.29, 0.717) is 41.3 Å². The summed E-state index contributed by atoms with van der Waals surface area (Å²) in [7, 11) is 0. The number of hydroxylamine groups is 1.